The van der Waals surface area contributed by atoms with Crippen LogP contribution >= 0.6 is 0 Å². The molecular weight excluding hydrogens is 340 g/mol. The molecule has 0 atom stereocenters. The van der Waals surface area contributed by atoms with Crippen molar-refractivity contribution in [2.45, 2.75) is 12.8 Å². The minimum absolute atomic E-state index is 0.0295. The van der Waals surface area contributed by atoms with Crippen molar-refractivity contribution < 1.29 is 19.6 Å². The largest absolute Gasteiger partial charge is 0.507 e. The Hall–Kier alpha value is -3.75. The fourth-order valence-electron chi connectivity index (χ4n) is 1.96. The molecule has 0 spiro atoms. The number of nitro benzene ring substituents is 1. The summed E-state index contributed by atoms with van der Waals surface area (Å²) in [6.07, 6.45) is 0.972. The Bertz CT molecular complexity index is 836. The molecule has 9 heteroatoms. The number of hydrogen-bond acceptors (Lipinski definition) is 6. The van der Waals surface area contributed by atoms with Crippen LogP contribution in [-0.2, 0) is 9.59 Å². The van der Waals surface area contributed by atoms with Gasteiger partial charge in [0.05, 0.1) is 11.1 Å². The summed E-state index contributed by atoms with van der Waals surface area (Å²) in [6.45, 7) is 0. The van der Waals surface area contributed by atoms with Gasteiger partial charge in [-0.3, -0.25) is 19.7 Å². The van der Waals surface area contributed by atoms with Crippen LogP contribution in [-0.4, -0.2) is 28.1 Å². The van der Waals surface area contributed by atoms with E-state index in [1.165, 1.54) is 0 Å². The summed E-state index contributed by atoms with van der Waals surface area (Å²) in [5, 5.41) is 26.6. The lowest BCUT2D eigenvalue weighted by atomic mass is 10.2. The number of phenolic OH excluding ortho intramolecular Hbond substituents is 1. The molecule has 2 amide bonds. The molecule has 0 saturated carbocycles. The smallest absolute Gasteiger partial charge is 0.270 e. The van der Waals surface area contributed by atoms with Crippen molar-refractivity contribution in [1.29, 1.82) is 0 Å². The summed E-state index contributed by atoms with van der Waals surface area (Å²) >= 11 is 0. The quantitative estimate of drug-likeness (QED) is 0.397. The molecule has 0 saturated heterocycles. The number of non-ortho nitro benzene ring substituents is 1. The summed E-state index contributed by atoms with van der Waals surface area (Å²) in [7, 11) is 0. The van der Waals surface area contributed by atoms with E-state index in [2.05, 4.69) is 15.8 Å². The van der Waals surface area contributed by atoms with Gasteiger partial charge >= 0.3 is 0 Å². The van der Waals surface area contributed by atoms with Gasteiger partial charge in [-0.25, -0.2) is 5.43 Å². The highest BCUT2D eigenvalue weighted by Crippen LogP contribution is 2.21. The fourth-order valence-corrected chi connectivity index (χ4v) is 1.96. The number of benzene rings is 2. The maximum Gasteiger partial charge on any atom is 0.270 e. The lowest BCUT2D eigenvalue weighted by Gasteiger charge is -2.04. The Morgan fingerprint density at radius 1 is 1.12 bits per heavy atom. The van der Waals surface area contributed by atoms with E-state index in [1.807, 2.05) is 6.07 Å². The van der Waals surface area contributed by atoms with Gasteiger partial charge in [-0.05, 0) is 18.2 Å². The van der Waals surface area contributed by atoms with Crippen molar-refractivity contribution >= 4 is 29.4 Å². The Kier molecular flexibility index (Phi) is 6.38. The molecule has 0 aliphatic carbocycles. The number of nitrogens with zero attached hydrogens (tertiary/aromatic N) is 2. The number of para-hydroxylation sites is 1. The number of amides is 2. The highest BCUT2D eigenvalue weighted by atomic mass is 16.6. The average Bonchev–Trinajstić information content (AvgIpc) is 2.62. The molecule has 0 radical (unpaired) electrons. The second-order valence-electron chi connectivity index (χ2n) is 5.21. The van der Waals surface area contributed by atoms with Crippen LogP contribution in [0, 0.1) is 10.1 Å². The number of hydrazone groups is 1. The SMILES string of the molecule is O=C(CCC(=O)Nc1ccccc1)N/N=C\c1cc([N+](=O)[O-])ccc1O. The van der Waals surface area contributed by atoms with Gasteiger partial charge < -0.3 is 10.4 Å². The zero-order valence-corrected chi connectivity index (χ0v) is 13.6. The van der Waals surface area contributed by atoms with Crippen molar-refractivity contribution in [3.8, 4) is 5.75 Å². The zero-order valence-electron chi connectivity index (χ0n) is 13.6. The number of carbonyl (C=O) groups excluding carboxylic acids is 2. The minimum Gasteiger partial charge on any atom is -0.507 e. The maximum atomic E-state index is 11.7. The van der Waals surface area contributed by atoms with Crippen molar-refractivity contribution in [3.63, 3.8) is 0 Å². The van der Waals surface area contributed by atoms with Gasteiger partial charge in [-0.1, -0.05) is 18.2 Å². The number of hydrogen-bond donors (Lipinski definition) is 3. The average molecular weight is 356 g/mol. The fraction of sp³-hybridized carbons (Fsp3) is 0.118. The first-order valence-corrected chi connectivity index (χ1v) is 7.60. The Labute approximate surface area is 148 Å². The molecule has 0 aliphatic heterocycles. The highest BCUT2D eigenvalue weighted by molar-refractivity contribution is 5.93. The minimum atomic E-state index is -0.610. The van der Waals surface area contributed by atoms with E-state index in [1.54, 1.807) is 24.3 Å². The van der Waals surface area contributed by atoms with E-state index in [0.717, 1.165) is 24.4 Å². The summed E-state index contributed by atoms with van der Waals surface area (Å²) in [5.41, 5.74) is 2.70. The number of anilines is 1. The molecular formula is C17H16N4O5. The third kappa shape index (κ3) is 5.71. The van der Waals surface area contributed by atoms with Gasteiger partial charge in [-0.2, -0.15) is 5.10 Å². The van der Waals surface area contributed by atoms with Crippen LogP contribution in [0.1, 0.15) is 18.4 Å². The van der Waals surface area contributed by atoms with E-state index in [4.69, 9.17) is 0 Å². The molecule has 0 fully saturated rings. The maximum absolute atomic E-state index is 11.7. The molecule has 0 bridgehead atoms. The lowest BCUT2D eigenvalue weighted by molar-refractivity contribution is -0.384. The molecule has 3 N–H and O–H groups in total. The van der Waals surface area contributed by atoms with Gasteiger partial charge in [0.1, 0.15) is 5.75 Å². The van der Waals surface area contributed by atoms with Gasteiger partial charge in [0, 0.05) is 36.2 Å². The van der Waals surface area contributed by atoms with Crippen LogP contribution in [0.3, 0.4) is 0 Å². The summed E-state index contributed by atoms with van der Waals surface area (Å²) in [6, 6.07) is 12.3. The van der Waals surface area contributed by atoms with E-state index in [0.29, 0.717) is 5.69 Å². The van der Waals surface area contributed by atoms with Crippen LogP contribution < -0.4 is 10.7 Å². The monoisotopic (exact) mass is 356 g/mol. The van der Waals surface area contributed by atoms with Crippen LogP contribution in [0.15, 0.2) is 53.6 Å². The highest BCUT2D eigenvalue weighted by Gasteiger charge is 2.09. The van der Waals surface area contributed by atoms with E-state index >= 15 is 0 Å². The molecule has 26 heavy (non-hydrogen) atoms. The first-order chi connectivity index (χ1) is 12.5. The van der Waals surface area contributed by atoms with Crippen LogP contribution in [0.2, 0.25) is 0 Å². The summed E-state index contributed by atoms with van der Waals surface area (Å²) in [5.74, 6) is -1.03. The van der Waals surface area contributed by atoms with Crippen LogP contribution in [0.5, 0.6) is 5.75 Å². The number of nitrogens with one attached hydrogen (secondary N) is 2. The molecule has 2 aromatic carbocycles. The Morgan fingerprint density at radius 2 is 1.81 bits per heavy atom. The molecule has 9 nitrogen and oxygen atoms in total. The first-order valence-electron chi connectivity index (χ1n) is 7.60. The third-order valence-electron chi connectivity index (χ3n) is 3.25. The number of phenols is 1. The number of aromatic hydroxyl groups is 1. The number of nitro groups is 1. The van der Waals surface area contributed by atoms with Gasteiger partial charge in [-0.15, -0.1) is 0 Å². The normalized spacial score (nSPS) is 10.5. The van der Waals surface area contributed by atoms with Crippen LogP contribution in [0.4, 0.5) is 11.4 Å². The second-order valence-corrected chi connectivity index (χ2v) is 5.21. The Balaban J connectivity index is 1.81. The first kappa shape index (κ1) is 18.6. The second kappa shape index (κ2) is 8.92. The number of carbonyl (C=O) groups is 2. The van der Waals surface area contributed by atoms with E-state index in [9.17, 15) is 24.8 Å². The molecule has 0 aliphatic rings. The molecule has 2 aromatic rings. The molecule has 0 heterocycles. The Morgan fingerprint density at radius 3 is 2.50 bits per heavy atom. The van der Waals surface area contributed by atoms with Crippen molar-refractivity contribution in [2.24, 2.45) is 5.10 Å². The summed E-state index contributed by atoms with van der Waals surface area (Å²) < 4.78 is 0. The van der Waals surface area contributed by atoms with Crippen molar-refractivity contribution in [3.05, 3.63) is 64.2 Å². The zero-order chi connectivity index (χ0) is 18.9. The molecule has 134 valence electrons. The van der Waals surface area contributed by atoms with Crippen molar-refractivity contribution in [1.82, 2.24) is 5.43 Å². The number of rotatable bonds is 7. The van der Waals surface area contributed by atoms with Gasteiger partial charge in [0.15, 0.2) is 0 Å². The van der Waals surface area contributed by atoms with Crippen molar-refractivity contribution in [2.75, 3.05) is 5.32 Å². The topological polar surface area (TPSA) is 134 Å². The lowest BCUT2D eigenvalue weighted by Crippen LogP contribution is -2.20. The predicted molar refractivity (Wildman–Crippen MR) is 94.8 cm³/mol. The predicted octanol–water partition coefficient (Wildman–Crippen LogP) is 2.17. The van der Waals surface area contributed by atoms with Gasteiger partial charge in [0.25, 0.3) is 5.69 Å². The third-order valence-corrected chi connectivity index (χ3v) is 3.25. The summed E-state index contributed by atoms with van der Waals surface area (Å²) in [4.78, 5) is 33.5. The van der Waals surface area contributed by atoms with Gasteiger partial charge in [0.2, 0.25) is 11.8 Å². The molecule has 0 unspecified atom stereocenters. The molecule has 2 rings (SSSR count). The van der Waals surface area contributed by atoms with E-state index < -0.39 is 10.8 Å². The van der Waals surface area contributed by atoms with E-state index in [-0.39, 0.29) is 35.7 Å². The molecule has 0 aromatic heterocycles. The van der Waals surface area contributed by atoms with Crippen LogP contribution in [0.25, 0.3) is 0 Å². The standard InChI is InChI=1S/C17H16N4O5/c22-15-7-6-14(21(25)26)10-12(15)11-18-20-17(24)9-8-16(23)19-13-4-2-1-3-5-13/h1-7,10-11,22H,8-9H2,(H,19,23)(H,20,24)/b18-11-.